The number of amides is 2. The lowest BCUT2D eigenvalue weighted by molar-refractivity contribution is 0.251. The molecule has 1 aromatic heterocycles. The molecule has 0 spiro atoms. The molecule has 3 N–H and O–H groups in total. The Hall–Kier alpha value is -1.53. The van der Waals surface area contributed by atoms with Crippen molar-refractivity contribution in [1.82, 2.24) is 5.32 Å². The minimum absolute atomic E-state index is 0.0429. The summed E-state index contributed by atoms with van der Waals surface area (Å²) in [6.07, 6.45) is 0. The van der Waals surface area contributed by atoms with Crippen LogP contribution in [-0.4, -0.2) is 12.6 Å². The van der Waals surface area contributed by atoms with Gasteiger partial charge in [0.25, 0.3) is 0 Å². The van der Waals surface area contributed by atoms with E-state index in [1.165, 1.54) is 0 Å². The summed E-state index contributed by atoms with van der Waals surface area (Å²) in [6.45, 7) is 0.635. The Morgan fingerprint density at radius 1 is 1.26 bits per heavy atom. The standard InChI is InChI=1S/C13H12BrN3OS/c14-12-6-5-11(19-12)10-7-17(13(18)16-10)9-3-1-8(15)2-4-9/h1-6,10H,7,15H2,(H,16,18). The fraction of sp³-hybridized carbons (Fsp3) is 0.154. The maximum absolute atomic E-state index is 12.0. The highest BCUT2D eigenvalue weighted by molar-refractivity contribution is 9.11. The van der Waals surface area contributed by atoms with Crippen LogP contribution >= 0.6 is 27.3 Å². The quantitative estimate of drug-likeness (QED) is 0.825. The zero-order valence-electron chi connectivity index (χ0n) is 9.97. The third kappa shape index (κ3) is 2.46. The summed E-state index contributed by atoms with van der Waals surface area (Å²) in [5, 5.41) is 2.99. The first-order valence-corrected chi connectivity index (χ1v) is 7.43. The van der Waals surface area contributed by atoms with Gasteiger partial charge in [0.2, 0.25) is 0 Å². The topological polar surface area (TPSA) is 58.4 Å². The van der Waals surface area contributed by atoms with Crippen LogP contribution in [0.1, 0.15) is 10.9 Å². The van der Waals surface area contributed by atoms with Gasteiger partial charge in [-0.05, 0) is 52.3 Å². The molecule has 1 unspecified atom stereocenters. The van der Waals surface area contributed by atoms with Crippen LogP contribution in [0.3, 0.4) is 0 Å². The van der Waals surface area contributed by atoms with Crippen molar-refractivity contribution in [2.75, 3.05) is 17.2 Å². The number of nitrogens with two attached hydrogens (primary N) is 1. The third-order valence-corrected chi connectivity index (χ3v) is 4.79. The van der Waals surface area contributed by atoms with E-state index in [9.17, 15) is 4.79 Å². The summed E-state index contributed by atoms with van der Waals surface area (Å²) in [5.74, 6) is 0. The van der Waals surface area contributed by atoms with Gasteiger partial charge in [-0.3, -0.25) is 4.90 Å². The molecule has 1 aliphatic heterocycles. The molecule has 0 bridgehead atoms. The van der Waals surface area contributed by atoms with E-state index in [2.05, 4.69) is 21.2 Å². The summed E-state index contributed by atoms with van der Waals surface area (Å²) in [7, 11) is 0. The molecular weight excluding hydrogens is 326 g/mol. The van der Waals surface area contributed by atoms with Crippen molar-refractivity contribution in [2.24, 2.45) is 0 Å². The number of hydrogen-bond acceptors (Lipinski definition) is 3. The number of hydrogen-bond donors (Lipinski definition) is 2. The summed E-state index contributed by atoms with van der Waals surface area (Å²) in [5.41, 5.74) is 7.22. The van der Waals surface area contributed by atoms with E-state index in [1.807, 2.05) is 24.3 Å². The predicted molar refractivity (Wildman–Crippen MR) is 81.5 cm³/mol. The molecule has 0 saturated carbocycles. The first kappa shape index (κ1) is 12.5. The molecule has 1 saturated heterocycles. The van der Waals surface area contributed by atoms with Crippen LogP contribution in [0, 0.1) is 0 Å². The first-order chi connectivity index (χ1) is 9.13. The number of carbonyl (C=O) groups excluding carboxylic acids is 1. The Kier molecular flexibility index (Phi) is 3.20. The SMILES string of the molecule is Nc1ccc(N2CC(c3ccc(Br)s3)NC2=O)cc1. The van der Waals surface area contributed by atoms with Crippen LogP contribution in [-0.2, 0) is 0 Å². The van der Waals surface area contributed by atoms with Gasteiger partial charge in [-0.2, -0.15) is 0 Å². The molecule has 19 heavy (non-hydrogen) atoms. The number of anilines is 2. The average molecular weight is 338 g/mol. The molecule has 2 heterocycles. The van der Waals surface area contributed by atoms with Crippen molar-refractivity contribution < 1.29 is 4.79 Å². The summed E-state index contributed by atoms with van der Waals surface area (Å²) in [4.78, 5) is 14.9. The number of rotatable bonds is 2. The number of urea groups is 1. The van der Waals surface area contributed by atoms with Crippen molar-refractivity contribution in [3.63, 3.8) is 0 Å². The van der Waals surface area contributed by atoms with E-state index >= 15 is 0 Å². The predicted octanol–water partition coefficient (Wildman–Crippen LogP) is 3.36. The minimum Gasteiger partial charge on any atom is -0.399 e. The fourth-order valence-corrected chi connectivity index (χ4v) is 3.56. The largest absolute Gasteiger partial charge is 0.399 e. The van der Waals surface area contributed by atoms with Gasteiger partial charge >= 0.3 is 6.03 Å². The molecule has 0 aliphatic carbocycles. The highest BCUT2D eigenvalue weighted by Gasteiger charge is 2.31. The van der Waals surface area contributed by atoms with Crippen LogP contribution in [0.15, 0.2) is 40.2 Å². The molecule has 1 aliphatic rings. The number of thiophene rings is 1. The maximum atomic E-state index is 12.0. The van der Waals surface area contributed by atoms with Gasteiger partial charge in [0.1, 0.15) is 0 Å². The number of nitrogen functional groups attached to an aromatic ring is 1. The lowest BCUT2D eigenvalue weighted by Crippen LogP contribution is -2.27. The van der Waals surface area contributed by atoms with Gasteiger partial charge in [-0.15, -0.1) is 11.3 Å². The van der Waals surface area contributed by atoms with Gasteiger partial charge < -0.3 is 11.1 Å². The molecule has 1 aromatic carbocycles. The summed E-state index contributed by atoms with van der Waals surface area (Å²) in [6, 6.07) is 11.3. The Balaban J connectivity index is 1.82. The van der Waals surface area contributed by atoms with Crippen LogP contribution in [0.5, 0.6) is 0 Å². The molecule has 2 amide bonds. The van der Waals surface area contributed by atoms with Gasteiger partial charge in [0.05, 0.1) is 16.4 Å². The smallest absolute Gasteiger partial charge is 0.322 e. The van der Waals surface area contributed by atoms with Crippen molar-refractivity contribution in [3.8, 4) is 0 Å². The monoisotopic (exact) mass is 337 g/mol. The molecule has 98 valence electrons. The fourth-order valence-electron chi connectivity index (χ4n) is 2.09. The van der Waals surface area contributed by atoms with Crippen LogP contribution in [0.2, 0.25) is 0 Å². The van der Waals surface area contributed by atoms with E-state index in [4.69, 9.17) is 5.73 Å². The Labute approximate surface area is 123 Å². The number of carbonyl (C=O) groups is 1. The first-order valence-electron chi connectivity index (χ1n) is 5.82. The molecule has 1 fully saturated rings. The Morgan fingerprint density at radius 3 is 2.63 bits per heavy atom. The second-order valence-corrected chi connectivity index (χ2v) is 6.84. The van der Waals surface area contributed by atoms with Crippen molar-refractivity contribution in [3.05, 3.63) is 45.1 Å². The van der Waals surface area contributed by atoms with Crippen molar-refractivity contribution >= 4 is 44.7 Å². The molecule has 1 atom stereocenters. The molecule has 0 radical (unpaired) electrons. The van der Waals surface area contributed by atoms with Gasteiger partial charge in [-0.25, -0.2) is 4.79 Å². The van der Waals surface area contributed by atoms with Gasteiger partial charge in [-0.1, -0.05) is 0 Å². The molecule has 3 rings (SSSR count). The van der Waals surface area contributed by atoms with E-state index in [1.54, 1.807) is 28.4 Å². The van der Waals surface area contributed by atoms with Crippen molar-refractivity contribution in [2.45, 2.75) is 6.04 Å². The lowest BCUT2D eigenvalue weighted by Gasteiger charge is -2.14. The molecule has 6 heteroatoms. The molecular formula is C13H12BrN3OS. The number of nitrogens with zero attached hydrogens (tertiary/aromatic N) is 1. The van der Waals surface area contributed by atoms with Crippen molar-refractivity contribution in [1.29, 1.82) is 0 Å². The number of halogens is 1. The van der Waals surface area contributed by atoms with E-state index < -0.39 is 0 Å². The van der Waals surface area contributed by atoms with E-state index in [0.717, 1.165) is 14.4 Å². The second kappa shape index (κ2) is 4.86. The zero-order chi connectivity index (χ0) is 13.4. The minimum atomic E-state index is -0.0701. The maximum Gasteiger partial charge on any atom is 0.322 e. The van der Waals surface area contributed by atoms with Gasteiger partial charge in [0, 0.05) is 16.3 Å². The number of nitrogens with one attached hydrogen (secondary N) is 1. The van der Waals surface area contributed by atoms with Crippen LogP contribution in [0.4, 0.5) is 16.2 Å². The third-order valence-electron chi connectivity index (χ3n) is 3.05. The van der Waals surface area contributed by atoms with Crippen LogP contribution in [0.25, 0.3) is 0 Å². The Morgan fingerprint density at radius 2 is 2.00 bits per heavy atom. The molecule has 4 nitrogen and oxygen atoms in total. The van der Waals surface area contributed by atoms with E-state index in [0.29, 0.717) is 12.2 Å². The summed E-state index contributed by atoms with van der Waals surface area (Å²) >= 11 is 5.08. The zero-order valence-corrected chi connectivity index (χ0v) is 12.4. The Bertz CT molecular complexity index is 611. The highest BCUT2D eigenvalue weighted by Crippen LogP contribution is 2.32. The normalized spacial score (nSPS) is 18.7. The second-order valence-electron chi connectivity index (χ2n) is 4.35. The average Bonchev–Trinajstić information content (AvgIpc) is 2.97. The highest BCUT2D eigenvalue weighted by atomic mass is 79.9. The van der Waals surface area contributed by atoms with Gasteiger partial charge in [0.15, 0.2) is 0 Å². The van der Waals surface area contributed by atoms with E-state index in [-0.39, 0.29) is 12.1 Å². The summed E-state index contributed by atoms with van der Waals surface area (Å²) < 4.78 is 1.07. The number of benzene rings is 1. The van der Waals surface area contributed by atoms with Crippen LogP contribution < -0.4 is 16.0 Å². The molecule has 2 aromatic rings. The lowest BCUT2D eigenvalue weighted by atomic mass is 10.2.